The van der Waals surface area contributed by atoms with Crippen molar-refractivity contribution < 1.29 is 4.79 Å². The Labute approximate surface area is 103 Å². The first-order valence-electron chi connectivity index (χ1n) is 6.40. The molecule has 3 heteroatoms. The molecule has 1 amide bonds. The lowest BCUT2D eigenvalue weighted by atomic mass is 9.93. The van der Waals surface area contributed by atoms with E-state index in [1.807, 2.05) is 25.7 Å². The molecule has 2 rings (SSSR count). The zero-order valence-corrected chi connectivity index (χ0v) is 11.0. The molecular weight excluding hydrogens is 212 g/mol. The Morgan fingerprint density at radius 2 is 1.65 bits per heavy atom. The molecule has 94 valence electrons. The molecule has 0 N–H and O–H groups in total. The minimum absolute atomic E-state index is 0.250. The van der Waals surface area contributed by atoms with Crippen molar-refractivity contribution in [3.05, 3.63) is 24.5 Å². The monoisotopic (exact) mass is 234 g/mol. The molecule has 1 aromatic rings. The fraction of sp³-hybridized carbons (Fsp3) is 0.643. The fourth-order valence-corrected chi connectivity index (χ4v) is 2.43. The second kappa shape index (κ2) is 4.55. The van der Waals surface area contributed by atoms with Gasteiger partial charge in [-0.3, -0.25) is 4.79 Å². The van der Waals surface area contributed by atoms with Gasteiger partial charge in [-0.15, -0.1) is 0 Å². The van der Waals surface area contributed by atoms with E-state index in [1.165, 1.54) is 0 Å². The van der Waals surface area contributed by atoms with Gasteiger partial charge in [0.25, 0.3) is 0 Å². The third-order valence-electron chi connectivity index (χ3n) is 3.44. The molecule has 0 radical (unpaired) electrons. The molecular formula is C14H22N2O. The second-order valence-corrected chi connectivity index (χ2v) is 5.90. The van der Waals surface area contributed by atoms with Crippen molar-refractivity contribution >= 4 is 5.91 Å². The van der Waals surface area contributed by atoms with Crippen molar-refractivity contribution in [2.75, 3.05) is 13.1 Å². The van der Waals surface area contributed by atoms with E-state index in [4.69, 9.17) is 0 Å². The van der Waals surface area contributed by atoms with Crippen LogP contribution in [0, 0.1) is 5.41 Å². The summed E-state index contributed by atoms with van der Waals surface area (Å²) in [5.41, 5.74) is -0.250. The molecule has 1 aliphatic heterocycles. The summed E-state index contributed by atoms with van der Waals surface area (Å²) < 4.78 is 2.26. The number of aromatic nitrogens is 1. The Bertz CT molecular complexity index is 367. The molecule has 3 nitrogen and oxygen atoms in total. The maximum Gasteiger partial charge on any atom is 0.227 e. The molecule has 0 spiro atoms. The summed E-state index contributed by atoms with van der Waals surface area (Å²) in [5, 5.41) is 0. The van der Waals surface area contributed by atoms with Gasteiger partial charge < -0.3 is 9.47 Å². The highest BCUT2D eigenvalue weighted by Crippen LogP contribution is 2.26. The van der Waals surface area contributed by atoms with E-state index in [0.717, 1.165) is 25.9 Å². The lowest BCUT2D eigenvalue weighted by molar-refractivity contribution is -0.140. The predicted molar refractivity (Wildman–Crippen MR) is 68.7 cm³/mol. The van der Waals surface area contributed by atoms with E-state index >= 15 is 0 Å². The highest BCUT2D eigenvalue weighted by atomic mass is 16.2. The summed E-state index contributed by atoms with van der Waals surface area (Å²) in [6, 6.07) is 4.69. The minimum atomic E-state index is -0.250. The van der Waals surface area contributed by atoms with E-state index in [0.29, 0.717) is 6.04 Å². The van der Waals surface area contributed by atoms with Gasteiger partial charge >= 0.3 is 0 Å². The summed E-state index contributed by atoms with van der Waals surface area (Å²) in [4.78, 5) is 14.1. The molecule has 0 saturated carbocycles. The van der Waals surface area contributed by atoms with Crippen molar-refractivity contribution in [1.82, 2.24) is 9.47 Å². The van der Waals surface area contributed by atoms with Gasteiger partial charge in [0.2, 0.25) is 5.91 Å². The average molecular weight is 234 g/mol. The van der Waals surface area contributed by atoms with Gasteiger partial charge in [0, 0.05) is 36.9 Å². The topological polar surface area (TPSA) is 25.2 Å². The standard InChI is InChI=1S/C14H22N2O/c1-14(2,3)13(17)16-10-6-12(7-11-16)15-8-4-5-9-15/h4-5,8-9,12H,6-7,10-11H2,1-3H3. The summed E-state index contributed by atoms with van der Waals surface area (Å²) >= 11 is 0. The lowest BCUT2D eigenvalue weighted by Crippen LogP contribution is -2.44. The smallest absolute Gasteiger partial charge is 0.227 e. The van der Waals surface area contributed by atoms with E-state index < -0.39 is 0 Å². The number of amides is 1. The zero-order chi connectivity index (χ0) is 12.5. The predicted octanol–water partition coefficient (Wildman–Crippen LogP) is 2.70. The van der Waals surface area contributed by atoms with Crippen LogP contribution in [0.1, 0.15) is 39.7 Å². The number of piperidine rings is 1. The first-order chi connectivity index (χ1) is 7.98. The van der Waals surface area contributed by atoms with Crippen LogP contribution >= 0.6 is 0 Å². The number of nitrogens with zero attached hydrogens (tertiary/aromatic N) is 2. The SMILES string of the molecule is CC(C)(C)C(=O)N1CCC(n2cccc2)CC1. The number of carbonyl (C=O) groups excluding carboxylic acids is 1. The van der Waals surface area contributed by atoms with Crippen LogP contribution in [0.15, 0.2) is 24.5 Å². The number of rotatable bonds is 1. The molecule has 1 aliphatic rings. The van der Waals surface area contributed by atoms with Gasteiger partial charge in [0.05, 0.1) is 0 Å². The molecule has 1 fully saturated rings. The number of hydrogen-bond donors (Lipinski definition) is 0. The molecule has 0 aliphatic carbocycles. The van der Waals surface area contributed by atoms with Crippen molar-refractivity contribution in [2.45, 2.75) is 39.7 Å². The van der Waals surface area contributed by atoms with Crippen LogP contribution in [0.4, 0.5) is 0 Å². The Balaban J connectivity index is 1.93. The fourth-order valence-electron chi connectivity index (χ4n) is 2.43. The van der Waals surface area contributed by atoms with Crippen LogP contribution in [-0.2, 0) is 4.79 Å². The third-order valence-corrected chi connectivity index (χ3v) is 3.44. The number of carbonyl (C=O) groups is 1. The molecule has 1 aromatic heterocycles. The van der Waals surface area contributed by atoms with Crippen LogP contribution in [0.3, 0.4) is 0 Å². The van der Waals surface area contributed by atoms with E-state index in [2.05, 4.69) is 29.1 Å². The number of likely N-dealkylation sites (tertiary alicyclic amines) is 1. The number of hydrogen-bond acceptors (Lipinski definition) is 1. The normalized spacial score (nSPS) is 18.4. The highest BCUT2D eigenvalue weighted by Gasteiger charge is 2.30. The van der Waals surface area contributed by atoms with Crippen molar-refractivity contribution in [2.24, 2.45) is 5.41 Å². The van der Waals surface area contributed by atoms with Gasteiger partial charge in [-0.25, -0.2) is 0 Å². The summed E-state index contributed by atoms with van der Waals surface area (Å²) in [6.07, 6.45) is 6.37. The average Bonchev–Trinajstić information content (AvgIpc) is 2.80. The van der Waals surface area contributed by atoms with E-state index in [1.54, 1.807) is 0 Å². The Morgan fingerprint density at radius 3 is 2.12 bits per heavy atom. The van der Waals surface area contributed by atoms with Gasteiger partial charge in [-0.05, 0) is 25.0 Å². The van der Waals surface area contributed by atoms with Crippen LogP contribution < -0.4 is 0 Å². The van der Waals surface area contributed by atoms with Crippen molar-refractivity contribution in [3.8, 4) is 0 Å². The summed E-state index contributed by atoms with van der Waals surface area (Å²) in [6.45, 7) is 7.76. The van der Waals surface area contributed by atoms with Crippen molar-refractivity contribution in [3.63, 3.8) is 0 Å². The third kappa shape index (κ3) is 2.71. The Hall–Kier alpha value is -1.25. The largest absolute Gasteiger partial charge is 0.351 e. The summed E-state index contributed by atoms with van der Waals surface area (Å²) in [7, 11) is 0. The molecule has 1 saturated heterocycles. The first-order valence-corrected chi connectivity index (χ1v) is 6.40. The van der Waals surface area contributed by atoms with Crippen LogP contribution in [0.25, 0.3) is 0 Å². The maximum atomic E-state index is 12.1. The van der Waals surface area contributed by atoms with Crippen LogP contribution in [0.2, 0.25) is 0 Å². The molecule has 0 aromatic carbocycles. The Kier molecular flexibility index (Phi) is 3.27. The second-order valence-electron chi connectivity index (χ2n) is 5.90. The van der Waals surface area contributed by atoms with Gasteiger partial charge in [-0.1, -0.05) is 20.8 Å². The van der Waals surface area contributed by atoms with Gasteiger partial charge in [0.1, 0.15) is 0 Å². The highest BCUT2D eigenvalue weighted by molar-refractivity contribution is 5.81. The molecule has 2 heterocycles. The van der Waals surface area contributed by atoms with Crippen LogP contribution in [0.5, 0.6) is 0 Å². The quantitative estimate of drug-likeness (QED) is 0.733. The lowest BCUT2D eigenvalue weighted by Gasteiger charge is -2.36. The minimum Gasteiger partial charge on any atom is -0.351 e. The van der Waals surface area contributed by atoms with E-state index in [9.17, 15) is 4.79 Å². The molecule has 0 atom stereocenters. The molecule has 0 bridgehead atoms. The first kappa shape index (κ1) is 12.2. The van der Waals surface area contributed by atoms with E-state index in [-0.39, 0.29) is 11.3 Å². The molecule has 17 heavy (non-hydrogen) atoms. The Morgan fingerprint density at radius 1 is 1.12 bits per heavy atom. The van der Waals surface area contributed by atoms with Gasteiger partial charge in [-0.2, -0.15) is 0 Å². The zero-order valence-electron chi connectivity index (χ0n) is 11.0. The van der Waals surface area contributed by atoms with Crippen molar-refractivity contribution in [1.29, 1.82) is 0 Å². The molecule has 0 unspecified atom stereocenters. The maximum absolute atomic E-state index is 12.1. The van der Waals surface area contributed by atoms with Crippen LogP contribution in [-0.4, -0.2) is 28.5 Å². The van der Waals surface area contributed by atoms with Gasteiger partial charge in [0.15, 0.2) is 0 Å². The summed E-state index contributed by atoms with van der Waals surface area (Å²) in [5.74, 6) is 0.281.